The molecule has 0 spiro atoms. The highest BCUT2D eigenvalue weighted by Gasteiger charge is 2.35. The second kappa shape index (κ2) is 6.41. The molecular formula is C13H25F3N2O. The SMILES string of the molecule is CC(C)C1CN(CCOCC(F)(F)F)C(C)(C)CN1. The van der Waals surface area contributed by atoms with Gasteiger partial charge < -0.3 is 10.1 Å². The van der Waals surface area contributed by atoms with Gasteiger partial charge in [-0.15, -0.1) is 0 Å². The molecule has 1 aliphatic rings. The van der Waals surface area contributed by atoms with Crippen molar-refractivity contribution in [3.63, 3.8) is 0 Å². The molecule has 0 aromatic heterocycles. The molecule has 1 aliphatic heterocycles. The van der Waals surface area contributed by atoms with E-state index < -0.39 is 12.8 Å². The fourth-order valence-electron chi connectivity index (χ4n) is 2.24. The lowest BCUT2D eigenvalue weighted by atomic mass is 9.93. The smallest absolute Gasteiger partial charge is 0.371 e. The van der Waals surface area contributed by atoms with Gasteiger partial charge in [-0.1, -0.05) is 13.8 Å². The first-order valence-electron chi connectivity index (χ1n) is 6.75. The minimum Gasteiger partial charge on any atom is -0.371 e. The first-order valence-corrected chi connectivity index (χ1v) is 6.75. The number of rotatable bonds is 5. The molecule has 0 amide bonds. The highest BCUT2D eigenvalue weighted by atomic mass is 19.4. The maximum absolute atomic E-state index is 12.0. The molecule has 1 atom stereocenters. The first kappa shape index (κ1) is 16.7. The van der Waals surface area contributed by atoms with Crippen LogP contribution < -0.4 is 5.32 Å². The van der Waals surface area contributed by atoms with Crippen LogP contribution in [0.5, 0.6) is 0 Å². The number of ether oxygens (including phenoxy) is 1. The summed E-state index contributed by atoms with van der Waals surface area (Å²) < 4.78 is 40.7. The molecule has 0 aliphatic carbocycles. The van der Waals surface area contributed by atoms with Crippen LogP contribution in [0.2, 0.25) is 0 Å². The Bertz CT molecular complexity index is 280. The van der Waals surface area contributed by atoms with E-state index in [-0.39, 0.29) is 12.1 Å². The summed E-state index contributed by atoms with van der Waals surface area (Å²) >= 11 is 0. The van der Waals surface area contributed by atoms with Gasteiger partial charge in [0.25, 0.3) is 0 Å². The van der Waals surface area contributed by atoms with E-state index in [1.807, 2.05) is 0 Å². The van der Waals surface area contributed by atoms with E-state index in [1.165, 1.54) is 0 Å². The molecule has 6 heteroatoms. The largest absolute Gasteiger partial charge is 0.411 e. The van der Waals surface area contributed by atoms with Crippen molar-refractivity contribution >= 4 is 0 Å². The van der Waals surface area contributed by atoms with Gasteiger partial charge in [0.2, 0.25) is 0 Å². The number of nitrogens with zero attached hydrogens (tertiary/aromatic N) is 1. The normalized spacial score (nSPS) is 24.9. The van der Waals surface area contributed by atoms with Gasteiger partial charge in [-0.3, -0.25) is 4.90 Å². The van der Waals surface area contributed by atoms with Gasteiger partial charge in [0.05, 0.1) is 6.61 Å². The Morgan fingerprint density at radius 1 is 1.37 bits per heavy atom. The quantitative estimate of drug-likeness (QED) is 0.783. The highest BCUT2D eigenvalue weighted by Crippen LogP contribution is 2.21. The first-order chi connectivity index (χ1) is 8.62. The molecule has 1 heterocycles. The minimum atomic E-state index is -4.24. The van der Waals surface area contributed by atoms with Crippen LogP contribution in [0.3, 0.4) is 0 Å². The van der Waals surface area contributed by atoms with E-state index in [9.17, 15) is 13.2 Å². The zero-order valence-corrected chi connectivity index (χ0v) is 12.2. The van der Waals surface area contributed by atoms with Crippen LogP contribution in [0.15, 0.2) is 0 Å². The Balaban J connectivity index is 2.40. The Labute approximate surface area is 113 Å². The number of hydrogen-bond donors (Lipinski definition) is 1. The van der Waals surface area contributed by atoms with Crippen LogP contribution in [0.25, 0.3) is 0 Å². The summed E-state index contributed by atoms with van der Waals surface area (Å²) in [6.45, 7) is 9.67. The third-order valence-corrected chi connectivity index (χ3v) is 3.65. The summed E-state index contributed by atoms with van der Waals surface area (Å²) in [6.07, 6.45) is -4.24. The van der Waals surface area contributed by atoms with Crippen molar-refractivity contribution in [2.45, 2.75) is 45.5 Å². The van der Waals surface area contributed by atoms with Crippen molar-refractivity contribution in [1.82, 2.24) is 10.2 Å². The lowest BCUT2D eigenvalue weighted by molar-refractivity contribution is -0.175. The number of halogens is 3. The van der Waals surface area contributed by atoms with Gasteiger partial charge in [-0.05, 0) is 19.8 Å². The molecular weight excluding hydrogens is 257 g/mol. The lowest BCUT2D eigenvalue weighted by Gasteiger charge is -2.47. The predicted molar refractivity (Wildman–Crippen MR) is 69.2 cm³/mol. The second-order valence-corrected chi connectivity index (χ2v) is 6.16. The summed E-state index contributed by atoms with van der Waals surface area (Å²) in [4.78, 5) is 2.21. The van der Waals surface area contributed by atoms with Gasteiger partial charge in [-0.25, -0.2) is 0 Å². The molecule has 3 nitrogen and oxygen atoms in total. The second-order valence-electron chi connectivity index (χ2n) is 6.16. The molecule has 0 bridgehead atoms. The monoisotopic (exact) mass is 282 g/mol. The maximum Gasteiger partial charge on any atom is 0.411 e. The van der Waals surface area contributed by atoms with Crippen LogP contribution in [0, 0.1) is 5.92 Å². The molecule has 0 radical (unpaired) electrons. The third-order valence-electron chi connectivity index (χ3n) is 3.65. The molecule has 0 aromatic carbocycles. The molecule has 1 unspecified atom stereocenters. The van der Waals surface area contributed by atoms with Gasteiger partial charge in [0, 0.05) is 31.2 Å². The van der Waals surface area contributed by atoms with E-state index in [0.29, 0.717) is 18.5 Å². The third kappa shape index (κ3) is 5.67. The topological polar surface area (TPSA) is 24.5 Å². The van der Waals surface area contributed by atoms with E-state index in [0.717, 1.165) is 13.1 Å². The van der Waals surface area contributed by atoms with E-state index in [1.54, 1.807) is 0 Å². The Morgan fingerprint density at radius 3 is 2.53 bits per heavy atom. The number of hydrogen-bond acceptors (Lipinski definition) is 3. The minimum absolute atomic E-state index is 0.0486. The highest BCUT2D eigenvalue weighted by molar-refractivity contribution is 4.93. The molecule has 1 N–H and O–H groups in total. The summed E-state index contributed by atoms with van der Waals surface area (Å²) in [5, 5.41) is 3.49. The molecule has 0 saturated carbocycles. The van der Waals surface area contributed by atoms with Crippen LogP contribution >= 0.6 is 0 Å². The van der Waals surface area contributed by atoms with Crippen molar-refractivity contribution in [3.8, 4) is 0 Å². The average molecular weight is 282 g/mol. The van der Waals surface area contributed by atoms with E-state index >= 15 is 0 Å². The van der Waals surface area contributed by atoms with Crippen LogP contribution in [-0.4, -0.2) is 55.5 Å². The molecule has 114 valence electrons. The van der Waals surface area contributed by atoms with Gasteiger partial charge in [0.1, 0.15) is 6.61 Å². The average Bonchev–Trinajstić information content (AvgIpc) is 2.24. The van der Waals surface area contributed by atoms with E-state index in [2.05, 4.69) is 37.9 Å². The Hall–Kier alpha value is -0.330. The van der Waals surface area contributed by atoms with Crippen molar-refractivity contribution in [3.05, 3.63) is 0 Å². The van der Waals surface area contributed by atoms with Gasteiger partial charge in [-0.2, -0.15) is 13.2 Å². The summed E-state index contributed by atoms with van der Waals surface area (Å²) in [7, 11) is 0. The predicted octanol–water partition coefficient (Wildman–Crippen LogP) is 2.27. The standard InChI is InChI=1S/C13H25F3N2O/c1-10(2)11-7-18(12(3,4)8-17-11)5-6-19-9-13(14,15)16/h10-11,17H,5-9H2,1-4H3. The maximum atomic E-state index is 12.0. The van der Waals surface area contributed by atoms with Crippen molar-refractivity contribution in [2.75, 3.05) is 32.8 Å². The summed E-state index contributed by atoms with van der Waals surface area (Å²) in [6, 6.07) is 0.385. The lowest BCUT2D eigenvalue weighted by Crippen LogP contribution is -2.63. The number of alkyl halides is 3. The zero-order valence-electron chi connectivity index (χ0n) is 12.2. The molecule has 0 aromatic rings. The molecule has 19 heavy (non-hydrogen) atoms. The Morgan fingerprint density at radius 2 is 2.00 bits per heavy atom. The Kier molecular flexibility index (Phi) is 5.65. The number of nitrogens with one attached hydrogen (secondary N) is 1. The number of piperazine rings is 1. The molecule has 1 rings (SSSR count). The van der Waals surface area contributed by atoms with Gasteiger partial charge in [0.15, 0.2) is 0 Å². The van der Waals surface area contributed by atoms with Crippen molar-refractivity contribution in [1.29, 1.82) is 0 Å². The fourth-order valence-corrected chi connectivity index (χ4v) is 2.24. The molecule has 1 fully saturated rings. The van der Waals surface area contributed by atoms with Crippen LogP contribution in [0.4, 0.5) is 13.2 Å². The summed E-state index contributed by atoms with van der Waals surface area (Å²) in [5.74, 6) is 0.509. The van der Waals surface area contributed by atoms with Gasteiger partial charge >= 0.3 is 6.18 Å². The summed E-state index contributed by atoms with van der Waals surface area (Å²) in [5.41, 5.74) is -0.0486. The van der Waals surface area contributed by atoms with Crippen LogP contribution in [-0.2, 0) is 4.74 Å². The zero-order chi connectivity index (χ0) is 14.7. The molecule has 1 saturated heterocycles. The van der Waals surface area contributed by atoms with Crippen molar-refractivity contribution in [2.24, 2.45) is 5.92 Å². The van der Waals surface area contributed by atoms with Crippen LogP contribution in [0.1, 0.15) is 27.7 Å². The van der Waals surface area contributed by atoms with E-state index in [4.69, 9.17) is 4.74 Å². The fraction of sp³-hybridized carbons (Fsp3) is 1.00. The van der Waals surface area contributed by atoms with Crippen molar-refractivity contribution < 1.29 is 17.9 Å².